The predicted molar refractivity (Wildman–Crippen MR) is 88.2 cm³/mol. The zero-order chi connectivity index (χ0) is 16.5. The molecule has 6 heteroatoms. The first kappa shape index (κ1) is 14.1. The van der Waals surface area contributed by atoms with Crippen LogP contribution in [0.15, 0.2) is 66.9 Å². The molecule has 0 saturated carbocycles. The lowest BCUT2D eigenvalue weighted by molar-refractivity contribution is 0.103. The lowest BCUT2D eigenvalue weighted by atomic mass is 10.0. The molecule has 0 aliphatic carbocycles. The van der Waals surface area contributed by atoms with Gasteiger partial charge in [-0.25, -0.2) is 4.98 Å². The predicted octanol–water partition coefficient (Wildman–Crippen LogP) is 2.75. The molecule has 0 fully saturated rings. The maximum absolute atomic E-state index is 12.5. The minimum atomic E-state index is -0.309. The van der Waals surface area contributed by atoms with E-state index in [0.29, 0.717) is 16.7 Å². The number of carbonyl (C=O) groups excluding carboxylic acids is 1. The second-order valence-electron chi connectivity index (χ2n) is 5.25. The van der Waals surface area contributed by atoms with Crippen LogP contribution in [0.2, 0.25) is 0 Å². The van der Waals surface area contributed by atoms with Gasteiger partial charge in [0.05, 0.1) is 11.3 Å². The number of pyridine rings is 1. The molecule has 0 amide bonds. The molecule has 2 heterocycles. The third kappa shape index (κ3) is 2.30. The zero-order valence-corrected chi connectivity index (χ0v) is 12.5. The Kier molecular flexibility index (Phi) is 3.28. The number of hydrogen-bond acceptors (Lipinski definition) is 5. The number of aromatic nitrogens is 4. The van der Waals surface area contributed by atoms with E-state index >= 15 is 0 Å². The number of phenolic OH excluding ortho intramolecular Hbond substituents is 1. The molecule has 0 bridgehead atoms. The lowest BCUT2D eigenvalue weighted by Crippen LogP contribution is -2.03. The standard InChI is InChI=1S/C18H12N4O2/c23-16-9-5-4-8-14(16)17(24)12-10-15-18(19-11-12)22(21-20-15)13-6-2-1-3-7-13/h1-11,23H. The summed E-state index contributed by atoms with van der Waals surface area (Å²) in [6.45, 7) is 0. The molecule has 0 radical (unpaired) electrons. The molecule has 0 atom stereocenters. The number of aromatic hydroxyl groups is 1. The van der Waals surface area contributed by atoms with E-state index in [1.807, 2.05) is 30.3 Å². The van der Waals surface area contributed by atoms with Crippen molar-refractivity contribution < 1.29 is 9.90 Å². The van der Waals surface area contributed by atoms with Crippen molar-refractivity contribution in [3.05, 3.63) is 78.0 Å². The molecule has 4 rings (SSSR count). The van der Waals surface area contributed by atoms with Crippen LogP contribution in [-0.4, -0.2) is 30.9 Å². The second kappa shape index (κ2) is 5.58. The third-order valence-corrected chi connectivity index (χ3v) is 3.70. The first-order chi connectivity index (χ1) is 11.7. The summed E-state index contributed by atoms with van der Waals surface area (Å²) in [7, 11) is 0. The maximum atomic E-state index is 12.5. The number of rotatable bonds is 3. The molecule has 2 aromatic heterocycles. The number of phenols is 1. The molecule has 0 aliphatic heterocycles. The van der Waals surface area contributed by atoms with E-state index in [4.69, 9.17) is 0 Å². The van der Waals surface area contributed by atoms with Gasteiger partial charge in [-0.3, -0.25) is 4.79 Å². The van der Waals surface area contributed by atoms with Crippen molar-refractivity contribution in [3.63, 3.8) is 0 Å². The fraction of sp³-hybridized carbons (Fsp3) is 0. The largest absolute Gasteiger partial charge is 0.507 e. The molecule has 0 saturated heterocycles. The van der Waals surface area contributed by atoms with Crippen molar-refractivity contribution in [2.24, 2.45) is 0 Å². The lowest BCUT2D eigenvalue weighted by Gasteiger charge is -2.04. The van der Waals surface area contributed by atoms with E-state index in [9.17, 15) is 9.90 Å². The van der Waals surface area contributed by atoms with Crippen LogP contribution in [-0.2, 0) is 0 Å². The van der Waals surface area contributed by atoms with Gasteiger partial charge in [-0.15, -0.1) is 5.10 Å². The highest BCUT2D eigenvalue weighted by Crippen LogP contribution is 2.21. The van der Waals surface area contributed by atoms with Gasteiger partial charge in [-0.1, -0.05) is 35.5 Å². The van der Waals surface area contributed by atoms with Gasteiger partial charge in [0, 0.05) is 11.8 Å². The van der Waals surface area contributed by atoms with Gasteiger partial charge in [0.25, 0.3) is 0 Å². The molecule has 2 aromatic carbocycles. The summed E-state index contributed by atoms with van der Waals surface area (Å²) in [5.74, 6) is -0.368. The fourth-order valence-electron chi connectivity index (χ4n) is 2.51. The van der Waals surface area contributed by atoms with Gasteiger partial charge in [0.15, 0.2) is 11.4 Å². The molecule has 0 unspecified atom stereocenters. The molecule has 0 aliphatic rings. The monoisotopic (exact) mass is 316 g/mol. The fourth-order valence-corrected chi connectivity index (χ4v) is 2.51. The molecular weight excluding hydrogens is 304 g/mol. The SMILES string of the molecule is O=C(c1cnc2c(c1)nnn2-c1ccccc1)c1ccccc1O. The number of benzene rings is 2. The van der Waals surface area contributed by atoms with Crippen LogP contribution in [0.25, 0.3) is 16.9 Å². The van der Waals surface area contributed by atoms with Crippen LogP contribution in [0.4, 0.5) is 0 Å². The summed E-state index contributed by atoms with van der Waals surface area (Å²) in [6.07, 6.45) is 1.47. The highest BCUT2D eigenvalue weighted by Gasteiger charge is 2.16. The number of carbonyl (C=O) groups is 1. The zero-order valence-electron chi connectivity index (χ0n) is 12.5. The minimum Gasteiger partial charge on any atom is -0.507 e. The number of fused-ring (bicyclic) bond motifs is 1. The Hall–Kier alpha value is -3.54. The summed E-state index contributed by atoms with van der Waals surface area (Å²) in [6, 6.07) is 17.6. The normalized spacial score (nSPS) is 10.8. The Labute approximate surface area is 137 Å². The van der Waals surface area contributed by atoms with Crippen molar-refractivity contribution in [3.8, 4) is 11.4 Å². The van der Waals surface area contributed by atoms with Crippen LogP contribution < -0.4 is 0 Å². The Balaban J connectivity index is 1.78. The number of ketones is 1. The van der Waals surface area contributed by atoms with Gasteiger partial charge in [0.2, 0.25) is 0 Å². The first-order valence-corrected chi connectivity index (χ1v) is 7.33. The van der Waals surface area contributed by atoms with Crippen molar-refractivity contribution in [2.45, 2.75) is 0 Å². The van der Waals surface area contributed by atoms with E-state index in [1.54, 1.807) is 28.9 Å². The maximum Gasteiger partial charge on any atom is 0.198 e. The Morgan fingerprint density at radius 2 is 1.75 bits per heavy atom. The Bertz CT molecular complexity index is 1040. The highest BCUT2D eigenvalue weighted by atomic mass is 16.3. The smallest absolute Gasteiger partial charge is 0.198 e. The number of para-hydroxylation sites is 2. The van der Waals surface area contributed by atoms with Gasteiger partial charge in [0.1, 0.15) is 11.3 Å². The Morgan fingerprint density at radius 1 is 1.00 bits per heavy atom. The summed E-state index contributed by atoms with van der Waals surface area (Å²) < 4.78 is 1.61. The van der Waals surface area contributed by atoms with Gasteiger partial charge >= 0.3 is 0 Å². The summed E-state index contributed by atoms with van der Waals surface area (Å²) in [5, 5.41) is 18.0. The number of nitrogens with zero attached hydrogens (tertiary/aromatic N) is 4. The summed E-state index contributed by atoms with van der Waals surface area (Å²) >= 11 is 0. The molecular formula is C18H12N4O2. The molecule has 1 N–H and O–H groups in total. The van der Waals surface area contributed by atoms with Crippen LogP contribution in [0.5, 0.6) is 5.75 Å². The molecule has 116 valence electrons. The van der Waals surface area contributed by atoms with Crippen LogP contribution in [0, 0.1) is 0 Å². The first-order valence-electron chi connectivity index (χ1n) is 7.33. The highest BCUT2D eigenvalue weighted by molar-refractivity contribution is 6.11. The quantitative estimate of drug-likeness (QED) is 0.588. The summed E-state index contributed by atoms with van der Waals surface area (Å²) in [5.41, 5.74) is 2.50. The van der Waals surface area contributed by atoms with E-state index < -0.39 is 0 Å². The van der Waals surface area contributed by atoms with Crippen molar-refractivity contribution in [2.75, 3.05) is 0 Å². The van der Waals surface area contributed by atoms with Crippen molar-refractivity contribution in [1.82, 2.24) is 20.0 Å². The Morgan fingerprint density at radius 3 is 2.54 bits per heavy atom. The molecule has 0 spiro atoms. The van der Waals surface area contributed by atoms with Crippen LogP contribution in [0.3, 0.4) is 0 Å². The molecule has 6 nitrogen and oxygen atoms in total. The van der Waals surface area contributed by atoms with Crippen molar-refractivity contribution in [1.29, 1.82) is 0 Å². The minimum absolute atomic E-state index is 0.0597. The van der Waals surface area contributed by atoms with E-state index in [2.05, 4.69) is 15.3 Å². The second-order valence-corrected chi connectivity index (χ2v) is 5.25. The average Bonchev–Trinajstić information content (AvgIpc) is 3.05. The van der Waals surface area contributed by atoms with Crippen LogP contribution in [0.1, 0.15) is 15.9 Å². The average molecular weight is 316 g/mol. The van der Waals surface area contributed by atoms with E-state index in [1.165, 1.54) is 12.3 Å². The van der Waals surface area contributed by atoms with Gasteiger partial charge in [-0.2, -0.15) is 4.68 Å². The number of hydrogen-bond donors (Lipinski definition) is 1. The van der Waals surface area contributed by atoms with Crippen molar-refractivity contribution >= 4 is 16.9 Å². The van der Waals surface area contributed by atoms with E-state index in [-0.39, 0.29) is 17.1 Å². The van der Waals surface area contributed by atoms with Gasteiger partial charge in [-0.05, 0) is 30.3 Å². The van der Waals surface area contributed by atoms with E-state index in [0.717, 1.165) is 5.69 Å². The summed E-state index contributed by atoms with van der Waals surface area (Å²) in [4.78, 5) is 16.9. The molecule has 24 heavy (non-hydrogen) atoms. The molecule has 4 aromatic rings. The third-order valence-electron chi connectivity index (χ3n) is 3.70. The topological polar surface area (TPSA) is 80.9 Å². The van der Waals surface area contributed by atoms with Gasteiger partial charge < -0.3 is 5.11 Å². The van der Waals surface area contributed by atoms with Crippen LogP contribution >= 0.6 is 0 Å².